The first-order chi connectivity index (χ1) is 14.9. The molecule has 10 nitrogen and oxygen atoms in total. The number of ether oxygens (including phenoxy) is 2. The molecule has 1 aromatic carbocycles. The number of rotatable bonds is 5. The number of carbonyl (C=O) groups is 2. The summed E-state index contributed by atoms with van der Waals surface area (Å²) in [6, 6.07) is 6.64. The van der Waals surface area contributed by atoms with Gasteiger partial charge in [-0.25, -0.2) is 19.0 Å². The molecule has 4 N–H and O–H groups in total. The molecule has 0 bridgehead atoms. The number of pyridine rings is 1. The number of primary amides is 1. The van der Waals surface area contributed by atoms with Crippen molar-refractivity contribution in [2.24, 2.45) is 5.73 Å². The zero-order chi connectivity index (χ0) is 22.0. The maximum atomic E-state index is 13.1. The Hall–Kier alpha value is -3.73. The number of benzene rings is 1. The molecule has 0 saturated carbocycles. The fourth-order valence-corrected chi connectivity index (χ4v) is 3.42. The van der Waals surface area contributed by atoms with Crippen LogP contribution in [-0.2, 0) is 4.74 Å². The summed E-state index contributed by atoms with van der Waals surface area (Å²) in [5, 5.41) is 10.3. The van der Waals surface area contributed by atoms with Crippen LogP contribution in [0.4, 0.5) is 19.8 Å². The number of amides is 3. The lowest BCUT2D eigenvalue weighted by Crippen LogP contribution is -2.31. The molecule has 162 valence electrons. The largest absolute Gasteiger partial charge is 0.411 e. The van der Waals surface area contributed by atoms with Gasteiger partial charge >= 0.3 is 12.1 Å². The number of hydrogen-bond donors (Lipinski definition) is 3. The van der Waals surface area contributed by atoms with Gasteiger partial charge in [0.25, 0.3) is 5.88 Å². The van der Waals surface area contributed by atoms with Gasteiger partial charge in [-0.2, -0.15) is 0 Å². The molecule has 31 heavy (non-hydrogen) atoms. The highest BCUT2D eigenvalue weighted by Crippen LogP contribution is 2.31. The lowest BCUT2D eigenvalue weighted by molar-refractivity contribution is 0.184. The van der Waals surface area contributed by atoms with Gasteiger partial charge in [0.15, 0.2) is 0 Å². The first-order valence-corrected chi connectivity index (χ1v) is 9.67. The number of fused-ring (bicyclic) bond motifs is 1. The van der Waals surface area contributed by atoms with E-state index in [1.807, 2.05) is 0 Å². The molecule has 1 aliphatic heterocycles. The van der Waals surface area contributed by atoms with Gasteiger partial charge in [-0.1, -0.05) is 12.1 Å². The van der Waals surface area contributed by atoms with Gasteiger partial charge in [-0.05, 0) is 31.0 Å². The van der Waals surface area contributed by atoms with E-state index in [0.717, 1.165) is 12.0 Å². The van der Waals surface area contributed by atoms with E-state index < -0.39 is 12.1 Å². The van der Waals surface area contributed by atoms with Crippen LogP contribution in [0.1, 0.15) is 31.0 Å². The van der Waals surface area contributed by atoms with Crippen LogP contribution in [0, 0.1) is 5.82 Å². The minimum absolute atomic E-state index is 0.0443. The van der Waals surface area contributed by atoms with Gasteiger partial charge in [0.1, 0.15) is 11.6 Å². The summed E-state index contributed by atoms with van der Waals surface area (Å²) in [5.41, 5.74) is 6.51. The summed E-state index contributed by atoms with van der Waals surface area (Å²) in [6.45, 7) is 2.84. The van der Waals surface area contributed by atoms with E-state index in [1.54, 1.807) is 29.8 Å². The van der Waals surface area contributed by atoms with Crippen LogP contribution in [0.25, 0.3) is 10.9 Å². The molecule has 11 heteroatoms. The Bertz CT molecular complexity index is 1110. The zero-order valence-corrected chi connectivity index (χ0v) is 16.7. The Morgan fingerprint density at radius 2 is 2.13 bits per heavy atom. The maximum absolute atomic E-state index is 13.1. The molecule has 1 unspecified atom stereocenters. The van der Waals surface area contributed by atoms with Gasteiger partial charge in [0.2, 0.25) is 0 Å². The van der Waals surface area contributed by atoms with E-state index in [0.29, 0.717) is 24.1 Å². The molecular weight excluding hydrogens is 407 g/mol. The number of nitrogens with two attached hydrogens (primary N) is 1. The summed E-state index contributed by atoms with van der Waals surface area (Å²) < 4.78 is 25.2. The van der Waals surface area contributed by atoms with Crippen LogP contribution >= 0.6 is 0 Å². The molecule has 0 spiro atoms. The molecule has 1 fully saturated rings. The van der Waals surface area contributed by atoms with Crippen molar-refractivity contribution < 1.29 is 23.5 Å². The monoisotopic (exact) mass is 428 g/mol. The first-order valence-electron chi connectivity index (χ1n) is 9.67. The summed E-state index contributed by atoms with van der Waals surface area (Å²) in [7, 11) is 0. The van der Waals surface area contributed by atoms with E-state index in [-0.39, 0.29) is 29.6 Å². The van der Waals surface area contributed by atoms with Crippen molar-refractivity contribution in [1.82, 2.24) is 20.1 Å². The second kappa shape index (κ2) is 8.56. The summed E-state index contributed by atoms with van der Waals surface area (Å²) in [5.74, 6) is -0.0216. The van der Waals surface area contributed by atoms with Crippen LogP contribution in [0.15, 0.2) is 36.5 Å². The van der Waals surface area contributed by atoms with Crippen molar-refractivity contribution in [2.75, 3.05) is 18.5 Å². The third-order valence-electron chi connectivity index (χ3n) is 4.97. The highest BCUT2D eigenvalue weighted by atomic mass is 19.1. The molecule has 0 radical (unpaired) electrons. The Labute approximate surface area is 176 Å². The molecule has 2 atom stereocenters. The van der Waals surface area contributed by atoms with Crippen molar-refractivity contribution in [3.05, 3.63) is 47.9 Å². The smallest absolute Gasteiger partial charge is 0.389 e. The highest BCUT2D eigenvalue weighted by Gasteiger charge is 2.24. The average molecular weight is 428 g/mol. The predicted molar refractivity (Wildman–Crippen MR) is 109 cm³/mol. The van der Waals surface area contributed by atoms with Gasteiger partial charge in [-0.3, -0.25) is 10.00 Å². The third kappa shape index (κ3) is 4.56. The fourth-order valence-electron chi connectivity index (χ4n) is 3.42. The summed E-state index contributed by atoms with van der Waals surface area (Å²) in [6.07, 6.45) is 1.21. The number of nitrogens with one attached hydrogen (secondary N) is 2. The summed E-state index contributed by atoms with van der Waals surface area (Å²) >= 11 is 0. The van der Waals surface area contributed by atoms with Gasteiger partial charge in [0, 0.05) is 18.9 Å². The maximum Gasteiger partial charge on any atom is 0.411 e. The van der Waals surface area contributed by atoms with Gasteiger partial charge in [0.05, 0.1) is 29.6 Å². The molecular formula is C20H21FN6O4. The van der Waals surface area contributed by atoms with Gasteiger partial charge < -0.3 is 20.5 Å². The zero-order valence-electron chi connectivity index (χ0n) is 16.7. The molecule has 4 rings (SSSR count). The van der Waals surface area contributed by atoms with Crippen molar-refractivity contribution >= 4 is 28.8 Å². The number of nitrogens with zero attached hydrogens (tertiary/aromatic N) is 3. The number of carbonyl (C=O) groups excluding carboxylic acids is 2. The molecule has 2 aromatic heterocycles. The quantitative estimate of drug-likeness (QED) is 0.572. The number of urea groups is 1. The van der Waals surface area contributed by atoms with Crippen molar-refractivity contribution in [3.8, 4) is 5.88 Å². The highest BCUT2D eigenvalue weighted by molar-refractivity contribution is 5.93. The van der Waals surface area contributed by atoms with E-state index in [4.69, 9.17) is 15.2 Å². The Kier molecular flexibility index (Phi) is 5.67. The van der Waals surface area contributed by atoms with Crippen molar-refractivity contribution in [1.29, 1.82) is 0 Å². The minimum Gasteiger partial charge on any atom is -0.389 e. The summed E-state index contributed by atoms with van der Waals surface area (Å²) in [4.78, 5) is 27.8. The molecule has 0 aliphatic carbocycles. The molecule has 3 heterocycles. The van der Waals surface area contributed by atoms with Gasteiger partial charge in [-0.15, -0.1) is 5.10 Å². The Balaban J connectivity index is 1.54. The van der Waals surface area contributed by atoms with Crippen LogP contribution in [0.5, 0.6) is 5.88 Å². The number of anilines is 1. The fraction of sp³-hybridized carbons (Fsp3) is 0.300. The molecule has 3 amide bonds. The van der Waals surface area contributed by atoms with Crippen LogP contribution < -0.4 is 21.1 Å². The first kappa shape index (κ1) is 20.5. The van der Waals surface area contributed by atoms with Crippen molar-refractivity contribution in [2.45, 2.75) is 25.4 Å². The lowest BCUT2D eigenvalue weighted by atomic mass is 10.1. The van der Waals surface area contributed by atoms with E-state index in [1.165, 1.54) is 18.3 Å². The Morgan fingerprint density at radius 3 is 2.81 bits per heavy atom. The minimum atomic E-state index is -0.981. The number of hydrogen-bond acceptors (Lipinski definition) is 6. The van der Waals surface area contributed by atoms with Crippen LogP contribution in [0.2, 0.25) is 0 Å². The molecule has 3 aromatic rings. The standard InChI is InChI=1S/C20H21FN6O4/c1-11(12-2-4-13(21)5-3-12)24-20(29)25-17-8-16-15(9-23-17)18(31-19(22)28)26-27(16)14-6-7-30-10-14/h2-5,8-9,11,14H,6-7,10H2,1H3,(H2,22,28)(H2,23,24,25,29)/t11-,14?/m1/s1. The molecule has 1 aliphatic rings. The van der Waals surface area contributed by atoms with Crippen LogP contribution in [-0.4, -0.2) is 40.1 Å². The lowest BCUT2D eigenvalue weighted by Gasteiger charge is -2.15. The topological polar surface area (TPSA) is 133 Å². The van der Waals surface area contributed by atoms with Crippen molar-refractivity contribution in [3.63, 3.8) is 0 Å². The van der Waals surface area contributed by atoms with E-state index in [9.17, 15) is 14.0 Å². The third-order valence-corrected chi connectivity index (χ3v) is 4.97. The van der Waals surface area contributed by atoms with E-state index >= 15 is 0 Å². The number of halogens is 1. The normalized spacial score (nSPS) is 16.8. The second-order valence-corrected chi connectivity index (χ2v) is 7.15. The van der Waals surface area contributed by atoms with Crippen LogP contribution in [0.3, 0.4) is 0 Å². The SMILES string of the molecule is C[C@@H](NC(=O)Nc1cc2c(cn1)c(OC(N)=O)nn2C1CCOC1)c1ccc(F)cc1. The second-order valence-electron chi connectivity index (χ2n) is 7.15. The Morgan fingerprint density at radius 1 is 1.35 bits per heavy atom. The molecule has 1 saturated heterocycles. The average Bonchev–Trinajstić information content (AvgIpc) is 3.36. The number of aromatic nitrogens is 3. The van der Waals surface area contributed by atoms with E-state index in [2.05, 4.69) is 20.7 Å². The predicted octanol–water partition coefficient (Wildman–Crippen LogP) is 2.87.